The molecule has 0 aliphatic carbocycles. The maximum absolute atomic E-state index is 12.1. The fourth-order valence-electron chi connectivity index (χ4n) is 2.47. The summed E-state index contributed by atoms with van der Waals surface area (Å²) in [5.41, 5.74) is 7.47. The molecule has 21 heavy (non-hydrogen) atoms. The Bertz CT molecular complexity index is 703. The Kier molecular flexibility index (Phi) is 3.84. The van der Waals surface area contributed by atoms with E-state index in [1.165, 1.54) is 0 Å². The van der Waals surface area contributed by atoms with Crippen LogP contribution in [0.4, 0.5) is 5.69 Å². The smallest absolute Gasteiger partial charge is 0.247 e. The van der Waals surface area contributed by atoms with Gasteiger partial charge in [-0.2, -0.15) is 0 Å². The van der Waals surface area contributed by atoms with Gasteiger partial charge in [0.15, 0.2) is 0 Å². The minimum atomic E-state index is -0.612. The molecule has 108 valence electrons. The Morgan fingerprint density at radius 3 is 2.19 bits per heavy atom. The number of carbonyl (C=O) groups excluding carboxylic acids is 1. The van der Waals surface area contributed by atoms with Crippen LogP contribution in [0.1, 0.15) is 11.6 Å². The summed E-state index contributed by atoms with van der Waals surface area (Å²) >= 11 is 18.0. The van der Waals surface area contributed by atoms with E-state index in [-0.39, 0.29) is 11.9 Å². The molecule has 1 saturated heterocycles. The normalized spacial score (nSPS) is 21.3. The zero-order chi connectivity index (χ0) is 15.1. The van der Waals surface area contributed by atoms with E-state index in [9.17, 15) is 4.79 Å². The van der Waals surface area contributed by atoms with Crippen molar-refractivity contribution in [3.05, 3.63) is 63.1 Å². The zero-order valence-corrected chi connectivity index (χ0v) is 13.0. The molecule has 1 aliphatic rings. The number of nitrogens with two attached hydrogens (primary N) is 1. The van der Waals surface area contributed by atoms with Gasteiger partial charge < -0.3 is 10.6 Å². The number of amides is 1. The summed E-state index contributed by atoms with van der Waals surface area (Å²) in [5.74, 6) is -0.145. The molecule has 2 N–H and O–H groups in total. The molecule has 1 amide bonds. The summed E-state index contributed by atoms with van der Waals surface area (Å²) < 4.78 is 0. The highest BCUT2D eigenvalue weighted by molar-refractivity contribution is 6.35. The standard InChI is InChI=1S/C15H11Cl3N2O/c16-8-1-4-10(5-2-8)20-14(13(19)15(20)21)11-6-3-9(17)7-12(11)18/h1-7,13-14H,19H2/t13-,14-/m0/s1. The molecular formula is C15H11Cl3N2O. The molecule has 3 rings (SSSR count). The minimum absolute atomic E-state index is 0.145. The summed E-state index contributed by atoms with van der Waals surface area (Å²) in [5, 5.41) is 1.65. The van der Waals surface area contributed by atoms with Crippen molar-refractivity contribution < 1.29 is 4.79 Å². The second-order valence-electron chi connectivity index (χ2n) is 4.82. The predicted octanol–water partition coefficient (Wildman–Crippen LogP) is 4.06. The second-order valence-corrected chi connectivity index (χ2v) is 6.10. The van der Waals surface area contributed by atoms with E-state index in [4.69, 9.17) is 40.5 Å². The summed E-state index contributed by atoms with van der Waals surface area (Å²) in [6, 6.07) is 11.3. The maximum atomic E-state index is 12.1. The molecule has 6 heteroatoms. The Hall–Kier alpha value is -1.26. The third kappa shape index (κ3) is 2.51. The van der Waals surface area contributed by atoms with Crippen LogP contribution in [0.5, 0.6) is 0 Å². The van der Waals surface area contributed by atoms with Crippen LogP contribution in [0.15, 0.2) is 42.5 Å². The number of carbonyl (C=O) groups is 1. The van der Waals surface area contributed by atoms with Gasteiger partial charge in [0.25, 0.3) is 0 Å². The molecule has 1 fully saturated rings. The molecule has 0 aromatic heterocycles. The number of rotatable bonds is 2. The molecule has 0 bridgehead atoms. The van der Waals surface area contributed by atoms with Gasteiger partial charge in [-0.15, -0.1) is 0 Å². The van der Waals surface area contributed by atoms with E-state index in [0.29, 0.717) is 15.1 Å². The first-order valence-electron chi connectivity index (χ1n) is 6.28. The van der Waals surface area contributed by atoms with Crippen molar-refractivity contribution in [3.8, 4) is 0 Å². The van der Waals surface area contributed by atoms with Crippen molar-refractivity contribution in [3.63, 3.8) is 0 Å². The lowest BCUT2D eigenvalue weighted by molar-refractivity contribution is -0.126. The Morgan fingerprint density at radius 2 is 1.57 bits per heavy atom. The van der Waals surface area contributed by atoms with Gasteiger partial charge >= 0.3 is 0 Å². The summed E-state index contributed by atoms with van der Waals surface area (Å²) in [7, 11) is 0. The average Bonchev–Trinajstić information content (AvgIpc) is 2.46. The third-order valence-electron chi connectivity index (χ3n) is 3.53. The van der Waals surface area contributed by atoms with E-state index in [1.807, 2.05) is 0 Å². The highest BCUT2D eigenvalue weighted by atomic mass is 35.5. The van der Waals surface area contributed by atoms with Crippen molar-refractivity contribution in [2.75, 3.05) is 4.90 Å². The first kappa shape index (κ1) is 14.7. The lowest BCUT2D eigenvalue weighted by atomic mass is 9.88. The van der Waals surface area contributed by atoms with Crippen LogP contribution in [0.2, 0.25) is 15.1 Å². The quantitative estimate of drug-likeness (QED) is 0.837. The molecule has 2 aromatic rings. The number of anilines is 1. The first-order valence-corrected chi connectivity index (χ1v) is 7.41. The molecular weight excluding hydrogens is 331 g/mol. The highest BCUT2D eigenvalue weighted by Gasteiger charge is 2.47. The van der Waals surface area contributed by atoms with Crippen LogP contribution >= 0.6 is 34.8 Å². The van der Waals surface area contributed by atoms with E-state index in [2.05, 4.69) is 0 Å². The number of halogens is 3. The maximum Gasteiger partial charge on any atom is 0.247 e. The lowest BCUT2D eigenvalue weighted by Gasteiger charge is -2.46. The second kappa shape index (κ2) is 5.50. The molecule has 1 aliphatic heterocycles. The first-order chi connectivity index (χ1) is 9.99. The van der Waals surface area contributed by atoms with Gasteiger partial charge in [0.05, 0.1) is 6.04 Å². The number of hydrogen-bond acceptors (Lipinski definition) is 2. The van der Waals surface area contributed by atoms with Crippen LogP contribution in [0.25, 0.3) is 0 Å². The van der Waals surface area contributed by atoms with Gasteiger partial charge in [0.1, 0.15) is 6.04 Å². The predicted molar refractivity (Wildman–Crippen MR) is 86.1 cm³/mol. The van der Waals surface area contributed by atoms with Gasteiger partial charge in [-0.25, -0.2) is 0 Å². The Labute approximate surface area is 137 Å². The van der Waals surface area contributed by atoms with Crippen molar-refractivity contribution in [1.82, 2.24) is 0 Å². The number of β-lactam (4-membered cyclic amide) rings is 1. The van der Waals surface area contributed by atoms with Crippen molar-refractivity contribution in [1.29, 1.82) is 0 Å². The van der Waals surface area contributed by atoms with Crippen molar-refractivity contribution in [2.24, 2.45) is 5.73 Å². The number of benzene rings is 2. The van der Waals surface area contributed by atoms with Crippen molar-refractivity contribution in [2.45, 2.75) is 12.1 Å². The van der Waals surface area contributed by atoms with Crippen molar-refractivity contribution >= 4 is 46.4 Å². The summed E-state index contributed by atoms with van der Waals surface area (Å²) in [6.45, 7) is 0. The summed E-state index contributed by atoms with van der Waals surface area (Å²) in [4.78, 5) is 13.7. The van der Waals surface area contributed by atoms with E-state index in [1.54, 1.807) is 47.4 Å². The van der Waals surface area contributed by atoms with Gasteiger partial charge in [-0.05, 0) is 42.0 Å². The molecule has 0 saturated carbocycles. The van der Waals surface area contributed by atoms with E-state index < -0.39 is 6.04 Å². The molecule has 0 radical (unpaired) electrons. The molecule has 2 atom stereocenters. The molecule has 1 heterocycles. The largest absolute Gasteiger partial charge is 0.318 e. The highest BCUT2D eigenvalue weighted by Crippen LogP contribution is 2.41. The fourth-order valence-corrected chi connectivity index (χ4v) is 3.12. The van der Waals surface area contributed by atoms with Crippen LogP contribution in [-0.4, -0.2) is 11.9 Å². The zero-order valence-electron chi connectivity index (χ0n) is 10.8. The third-order valence-corrected chi connectivity index (χ3v) is 4.34. The van der Waals surface area contributed by atoms with Crippen LogP contribution in [-0.2, 0) is 4.79 Å². The SMILES string of the molecule is N[C@@H]1C(=O)N(c2ccc(Cl)cc2)[C@H]1c1ccc(Cl)cc1Cl. The van der Waals surface area contributed by atoms with Gasteiger partial charge in [0.2, 0.25) is 5.91 Å². The van der Waals surface area contributed by atoms with Gasteiger partial charge in [-0.1, -0.05) is 40.9 Å². The monoisotopic (exact) mass is 340 g/mol. The Balaban J connectivity index is 2.00. The average molecular weight is 342 g/mol. The van der Waals surface area contributed by atoms with Gasteiger partial charge in [0, 0.05) is 20.8 Å². The van der Waals surface area contributed by atoms with Crippen LogP contribution in [0.3, 0.4) is 0 Å². The minimum Gasteiger partial charge on any atom is -0.318 e. The van der Waals surface area contributed by atoms with E-state index in [0.717, 1.165) is 11.3 Å². The fraction of sp³-hybridized carbons (Fsp3) is 0.133. The molecule has 0 unspecified atom stereocenters. The summed E-state index contributed by atoms with van der Waals surface area (Å²) in [6.07, 6.45) is 0. The molecule has 3 nitrogen and oxygen atoms in total. The van der Waals surface area contributed by atoms with E-state index >= 15 is 0 Å². The number of nitrogens with zero attached hydrogens (tertiary/aromatic N) is 1. The Morgan fingerprint density at radius 1 is 0.952 bits per heavy atom. The molecule has 0 spiro atoms. The van der Waals surface area contributed by atoms with Crippen LogP contribution in [0, 0.1) is 0 Å². The van der Waals surface area contributed by atoms with Gasteiger partial charge in [-0.3, -0.25) is 4.79 Å². The topological polar surface area (TPSA) is 46.3 Å². The molecule has 2 aromatic carbocycles. The van der Waals surface area contributed by atoms with Crippen LogP contribution < -0.4 is 10.6 Å². The number of hydrogen-bond donors (Lipinski definition) is 1. The lowest BCUT2D eigenvalue weighted by Crippen LogP contribution is -2.63.